The molecule has 3 aromatic carbocycles. The molecule has 2 unspecified atom stereocenters. The van der Waals surface area contributed by atoms with Gasteiger partial charge < -0.3 is 14.8 Å². The number of amides is 1. The number of nitrogens with one attached hydrogen (secondary N) is 2. The van der Waals surface area contributed by atoms with Gasteiger partial charge in [0.2, 0.25) is 11.8 Å². The molecule has 1 aromatic heterocycles. The van der Waals surface area contributed by atoms with Crippen molar-refractivity contribution < 1.29 is 27.5 Å². The molecule has 0 fully saturated rings. The van der Waals surface area contributed by atoms with Crippen LogP contribution in [0.1, 0.15) is 42.5 Å². The molecule has 0 saturated heterocycles. The lowest BCUT2D eigenvalue weighted by atomic mass is 10.00. The van der Waals surface area contributed by atoms with Gasteiger partial charge in [0.25, 0.3) is 0 Å². The smallest absolute Gasteiger partial charge is 0.407 e. The second kappa shape index (κ2) is 12.0. The van der Waals surface area contributed by atoms with Crippen molar-refractivity contribution in [2.75, 3.05) is 0 Å². The number of hydrogen-bond donors (Lipinski definition) is 3. The fourth-order valence-corrected chi connectivity index (χ4v) is 4.43. The van der Waals surface area contributed by atoms with Gasteiger partial charge in [0, 0.05) is 5.02 Å². The highest BCUT2D eigenvalue weighted by Crippen LogP contribution is 2.33. The Labute approximate surface area is 222 Å². The minimum atomic E-state index is -4.68. The second-order valence-corrected chi connectivity index (χ2v) is 9.30. The first kappa shape index (κ1) is 27.6. The van der Waals surface area contributed by atoms with E-state index in [4.69, 9.17) is 16.0 Å². The summed E-state index contributed by atoms with van der Waals surface area (Å²) in [6.07, 6.45) is -5.83. The van der Waals surface area contributed by atoms with E-state index in [0.717, 1.165) is 0 Å². The molecule has 1 heterocycles. The first-order valence-electron chi connectivity index (χ1n) is 12.1. The molecule has 0 saturated carbocycles. The molecule has 1 amide bonds. The largest absolute Gasteiger partial charge is 0.438 e. The molecule has 0 aliphatic carbocycles. The average molecular weight is 546 g/mol. The zero-order chi connectivity index (χ0) is 27.3. The van der Waals surface area contributed by atoms with Crippen molar-refractivity contribution in [1.29, 1.82) is 0 Å². The maximum absolute atomic E-state index is 14.1. The second-order valence-electron chi connectivity index (χ2n) is 8.89. The van der Waals surface area contributed by atoms with Crippen molar-refractivity contribution in [1.82, 2.24) is 15.6 Å². The van der Waals surface area contributed by atoms with Crippen LogP contribution >= 0.6 is 11.6 Å². The Hall–Kier alpha value is -3.40. The lowest BCUT2D eigenvalue weighted by molar-refractivity contribution is -0.161. The maximum Gasteiger partial charge on any atom is 0.407 e. The van der Waals surface area contributed by atoms with Crippen molar-refractivity contribution >= 4 is 28.6 Å². The highest BCUT2D eigenvalue weighted by atomic mass is 35.5. The molecule has 4 atom stereocenters. The predicted octanol–water partition coefficient (Wildman–Crippen LogP) is 5.91. The van der Waals surface area contributed by atoms with Gasteiger partial charge in [-0.25, -0.2) is 4.98 Å². The van der Waals surface area contributed by atoms with E-state index in [1.165, 1.54) is 24.3 Å². The molecule has 0 aliphatic rings. The third-order valence-electron chi connectivity index (χ3n) is 6.24. The van der Waals surface area contributed by atoms with Crippen LogP contribution in [0.15, 0.2) is 83.3 Å². The number of nitrogens with zero attached hydrogens (tertiary/aromatic N) is 1. The number of carbonyl (C=O) groups excluding carboxylic acids is 1. The molecule has 4 aromatic rings. The Balaban J connectivity index is 1.61. The molecule has 3 N–H and O–H groups in total. The zero-order valence-corrected chi connectivity index (χ0v) is 21.2. The number of oxazole rings is 1. The monoisotopic (exact) mass is 545 g/mol. The van der Waals surface area contributed by atoms with E-state index in [1.54, 1.807) is 61.5 Å². The van der Waals surface area contributed by atoms with Crippen LogP contribution in [0.5, 0.6) is 0 Å². The van der Waals surface area contributed by atoms with E-state index in [0.29, 0.717) is 21.7 Å². The molecular formula is C28H27ClF3N3O3. The Morgan fingerprint density at radius 3 is 2.34 bits per heavy atom. The molecule has 200 valence electrons. The van der Waals surface area contributed by atoms with Gasteiger partial charge in [-0.15, -0.1) is 0 Å². The predicted molar refractivity (Wildman–Crippen MR) is 139 cm³/mol. The molecule has 0 bridgehead atoms. The first-order chi connectivity index (χ1) is 18.2. The number of fused-ring (bicyclic) bond motifs is 1. The van der Waals surface area contributed by atoms with E-state index in [1.807, 2.05) is 0 Å². The molecule has 6 nitrogen and oxygen atoms in total. The number of hydrogen-bond acceptors (Lipinski definition) is 5. The summed E-state index contributed by atoms with van der Waals surface area (Å²) in [7, 11) is 0. The summed E-state index contributed by atoms with van der Waals surface area (Å²) in [4.78, 5) is 17.8. The number of alkyl halides is 3. The number of aliphatic hydroxyl groups excluding tert-OH is 1. The van der Waals surface area contributed by atoms with Gasteiger partial charge in [0.15, 0.2) is 11.7 Å². The Morgan fingerprint density at radius 2 is 1.68 bits per heavy atom. The van der Waals surface area contributed by atoms with Crippen molar-refractivity contribution in [2.24, 2.45) is 0 Å². The fourth-order valence-electron chi connectivity index (χ4n) is 4.21. The Bertz CT molecular complexity index is 1330. The number of benzene rings is 3. The van der Waals surface area contributed by atoms with Gasteiger partial charge >= 0.3 is 6.18 Å². The lowest BCUT2D eigenvalue weighted by Crippen LogP contribution is -2.53. The molecule has 4 rings (SSSR count). The normalized spacial score (nSPS) is 15.1. The summed E-state index contributed by atoms with van der Waals surface area (Å²) in [5.74, 6) is -0.719. The highest BCUT2D eigenvalue weighted by molar-refractivity contribution is 6.31. The van der Waals surface area contributed by atoms with Gasteiger partial charge in [-0.2, -0.15) is 13.2 Å². The Kier molecular flexibility index (Phi) is 8.71. The first-order valence-corrected chi connectivity index (χ1v) is 12.5. The molecule has 0 radical (unpaired) electrons. The Morgan fingerprint density at radius 1 is 1.03 bits per heavy atom. The van der Waals surface area contributed by atoms with Gasteiger partial charge in [-0.05, 0) is 42.2 Å². The maximum atomic E-state index is 14.1. The number of aliphatic hydroxyl groups is 1. The quantitative estimate of drug-likeness (QED) is 0.230. The van der Waals surface area contributed by atoms with Crippen LogP contribution < -0.4 is 10.6 Å². The topological polar surface area (TPSA) is 87.4 Å². The van der Waals surface area contributed by atoms with Crippen LogP contribution in [0.2, 0.25) is 5.02 Å². The molecule has 0 aliphatic heterocycles. The van der Waals surface area contributed by atoms with E-state index in [-0.39, 0.29) is 24.3 Å². The summed E-state index contributed by atoms with van der Waals surface area (Å²) in [6, 6.07) is 16.6. The fraction of sp³-hybridized carbons (Fsp3) is 0.286. The zero-order valence-electron chi connectivity index (χ0n) is 20.5. The van der Waals surface area contributed by atoms with Crippen molar-refractivity contribution in [2.45, 2.75) is 50.2 Å². The van der Waals surface area contributed by atoms with Crippen molar-refractivity contribution in [3.05, 3.63) is 101 Å². The summed E-state index contributed by atoms with van der Waals surface area (Å²) >= 11 is 6.28. The molecule has 38 heavy (non-hydrogen) atoms. The van der Waals surface area contributed by atoms with E-state index < -0.39 is 36.3 Å². The molecular weight excluding hydrogens is 519 g/mol. The van der Waals surface area contributed by atoms with E-state index >= 15 is 0 Å². The van der Waals surface area contributed by atoms with Gasteiger partial charge in [-0.1, -0.05) is 79.2 Å². The molecule has 10 heteroatoms. The number of para-hydroxylation sites is 2. The highest BCUT2D eigenvalue weighted by Gasteiger charge is 2.43. The summed E-state index contributed by atoms with van der Waals surface area (Å²) in [5, 5.41) is 16.5. The number of halogens is 4. The SMILES string of the molecule is CCC(NC(=O)C(Cc1ccccc1Cl)N[C@@H](c1ccccc1)C(F)(F)F)[C@@H](O)c1nc2ccccc2o1. The minimum Gasteiger partial charge on any atom is -0.438 e. The summed E-state index contributed by atoms with van der Waals surface area (Å²) in [5.41, 5.74) is 1.48. The standard InChI is InChI=1S/C28H27ClF3N3O3/c1-2-20(24(36)27-35-21-14-8-9-15-23(21)38-27)34-26(37)22(16-18-12-6-7-13-19(18)29)33-25(28(30,31)32)17-10-4-3-5-11-17/h3-15,20,22,24-25,33,36H,2,16H2,1H3,(H,34,37)/t20?,22?,24-,25+/m1/s1. The third kappa shape index (κ3) is 6.53. The van der Waals surface area contributed by atoms with E-state index in [2.05, 4.69) is 15.6 Å². The van der Waals surface area contributed by atoms with Crippen LogP contribution in [0.25, 0.3) is 11.1 Å². The van der Waals surface area contributed by atoms with Gasteiger partial charge in [-0.3, -0.25) is 10.1 Å². The van der Waals surface area contributed by atoms with Crippen molar-refractivity contribution in [3.8, 4) is 0 Å². The number of rotatable bonds is 10. The van der Waals surface area contributed by atoms with Crippen LogP contribution in [0.4, 0.5) is 13.2 Å². The minimum absolute atomic E-state index is 0.00594. The van der Waals surface area contributed by atoms with Gasteiger partial charge in [0.05, 0.1) is 12.1 Å². The van der Waals surface area contributed by atoms with Crippen LogP contribution in [-0.4, -0.2) is 34.3 Å². The summed E-state index contributed by atoms with van der Waals surface area (Å²) < 4.78 is 48.1. The lowest BCUT2D eigenvalue weighted by Gasteiger charge is -2.29. The van der Waals surface area contributed by atoms with Crippen LogP contribution in [-0.2, 0) is 11.2 Å². The van der Waals surface area contributed by atoms with Crippen molar-refractivity contribution in [3.63, 3.8) is 0 Å². The number of aromatic nitrogens is 1. The third-order valence-corrected chi connectivity index (χ3v) is 6.61. The average Bonchev–Trinajstić information content (AvgIpc) is 3.34. The van der Waals surface area contributed by atoms with Crippen LogP contribution in [0.3, 0.4) is 0 Å². The summed E-state index contributed by atoms with van der Waals surface area (Å²) in [6.45, 7) is 1.73. The number of carbonyl (C=O) groups is 1. The van der Waals surface area contributed by atoms with Gasteiger partial charge in [0.1, 0.15) is 11.6 Å². The van der Waals surface area contributed by atoms with Crippen LogP contribution in [0, 0.1) is 0 Å². The molecule has 0 spiro atoms. The van der Waals surface area contributed by atoms with E-state index in [9.17, 15) is 23.1 Å².